The van der Waals surface area contributed by atoms with Gasteiger partial charge in [-0.15, -0.1) is 0 Å². The van der Waals surface area contributed by atoms with Gasteiger partial charge in [0.1, 0.15) is 0 Å². The summed E-state index contributed by atoms with van der Waals surface area (Å²) in [5, 5.41) is 6.33. The van der Waals surface area contributed by atoms with Gasteiger partial charge in [0.25, 0.3) is 0 Å². The van der Waals surface area contributed by atoms with Crippen LogP contribution in [-0.4, -0.2) is 49.4 Å². The second-order valence-electron chi connectivity index (χ2n) is 10.2. The van der Waals surface area contributed by atoms with Gasteiger partial charge < -0.3 is 15.5 Å². The summed E-state index contributed by atoms with van der Waals surface area (Å²) in [6, 6.07) is 0. The SMILES string of the molecule is CC(C)CCNC(=O)[C@H]1[C@H](C(=O)NCCCCN2CCCC2)[C@H]2C=C[C@@H]1C21CC1. The molecule has 4 rings (SSSR count). The van der Waals surface area contributed by atoms with E-state index < -0.39 is 0 Å². The summed E-state index contributed by atoms with van der Waals surface area (Å²) in [6.07, 6.45) is 12.6. The molecule has 29 heavy (non-hydrogen) atoms. The van der Waals surface area contributed by atoms with Gasteiger partial charge in [0, 0.05) is 13.1 Å². The maximum absolute atomic E-state index is 13.1. The highest BCUT2D eigenvalue weighted by molar-refractivity contribution is 5.90. The van der Waals surface area contributed by atoms with Gasteiger partial charge in [-0.1, -0.05) is 26.0 Å². The number of hydrogen-bond donors (Lipinski definition) is 2. The van der Waals surface area contributed by atoms with Crippen molar-refractivity contribution in [1.82, 2.24) is 15.5 Å². The fourth-order valence-corrected chi connectivity index (χ4v) is 6.11. The predicted molar refractivity (Wildman–Crippen MR) is 115 cm³/mol. The largest absolute Gasteiger partial charge is 0.356 e. The van der Waals surface area contributed by atoms with E-state index in [1.165, 1.54) is 38.8 Å². The summed E-state index contributed by atoms with van der Waals surface area (Å²) in [5.74, 6) is 0.954. The van der Waals surface area contributed by atoms with E-state index in [4.69, 9.17) is 0 Å². The fraction of sp³-hybridized carbons (Fsp3) is 0.833. The van der Waals surface area contributed by atoms with E-state index in [0.29, 0.717) is 12.5 Å². The molecular formula is C24H39N3O2. The standard InChI is InChI=1S/C24H39N3O2/c1-17(2)9-13-26-23(29)21-19-8-7-18(24(19)10-11-24)20(21)22(28)25-12-3-4-14-27-15-5-6-16-27/h7-8,17-21H,3-6,9-16H2,1-2H3,(H,25,28)(H,26,29)/t18-,19+,20-,21-/m1/s1. The van der Waals surface area contributed by atoms with Crippen LogP contribution in [0.2, 0.25) is 0 Å². The van der Waals surface area contributed by atoms with Gasteiger partial charge in [-0.05, 0) is 87.7 Å². The number of likely N-dealkylation sites (tertiary alicyclic amines) is 1. The van der Waals surface area contributed by atoms with Gasteiger partial charge in [0.2, 0.25) is 11.8 Å². The summed E-state index contributed by atoms with van der Waals surface area (Å²) in [6.45, 7) is 9.41. The van der Waals surface area contributed by atoms with Crippen molar-refractivity contribution in [1.29, 1.82) is 0 Å². The normalized spacial score (nSPS) is 31.7. The fourth-order valence-electron chi connectivity index (χ4n) is 6.11. The first kappa shape index (κ1) is 20.9. The van der Waals surface area contributed by atoms with Crippen LogP contribution in [0.15, 0.2) is 12.2 Å². The van der Waals surface area contributed by atoms with E-state index in [2.05, 4.69) is 41.5 Å². The van der Waals surface area contributed by atoms with Gasteiger partial charge >= 0.3 is 0 Å². The lowest BCUT2D eigenvalue weighted by Crippen LogP contribution is -2.44. The van der Waals surface area contributed by atoms with E-state index in [-0.39, 0.29) is 40.9 Å². The summed E-state index contributed by atoms with van der Waals surface area (Å²) >= 11 is 0. The van der Waals surface area contributed by atoms with Crippen molar-refractivity contribution in [3.63, 3.8) is 0 Å². The summed E-state index contributed by atoms with van der Waals surface area (Å²) in [5.41, 5.74) is 0.220. The maximum Gasteiger partial charge on any atom is 0.224 e. The lowest BCUT2D eigenvalue weighted by molar-refractivity contribution is -0.135. The molecule has 0 radical (unpaired) electrons. The Morgan fingerprint density at radius 2 is 1.55 bits per heavy atom. The lowest BCUT2D eigenvalue weighted by Gasteiger charge is -2.26. The number of nitrogens with one attached hydrogen (secondary N) is 2. The quantitative estimate of drug-likeness (QED) is 0.437. The molecule has 2 saturated carbocycles. The Morgan fingerprint density at radius 3 is 2.10 bits per heavy atom. The zero-order chi connectivity index (χ0) is 20.4. The second-order valence-corrected chi connectivity index (χ2v) is 10.2. The van der Waals surface area contributed by atoms with Gasteiger partial charge in [-0.3, -0.25) is 9.59 Å². The molecule has 1 heterocycles. The molecule has 4 aliphatic rings. The van der Waals surface area contributed by atoms with Crippen molar-refractivity contribution < 1.29 is 9.59 Å². The Balaban J connectivity index is 1.29. The molecule has 0 aromatic heterocycles. The Bertz CT molecular complexity index is 634. The first-order valence-electron chi connectivity index (χ1n) is 12.0. The van der Waals surface area contributed by atoms with Crippen molar-refractivity contribution in [2.75, 3.05) is 32.7 Å². The molecule has 3 aliphatic carbocycles. The molecule has 5 nitrogen and oxygen atoms in total. The van der Waals surface area contributed by atoms with Crippen LogP contribution in [0.1, 0.15) is 58.8 Å². The molecule has 2 amide bonds. The Hall–Kier alpha value is -1.36. The van der Waals surface area contributed by atoms with Crippen molar-refractivity contribution >= 4 is 11.8 Å². The maximum atomic E-state index is 13.1. The monoisotopic (exact) mass is 401 g/mol. The number of allylic oxidation sites excluding steroid dienone is 2. The zero-order valence-electron chi connectivity index (χ0n) is 18.3. The van der Waals surface area contributed by atoms with Crippen LogP contribution in [0.25, 0.3) is 0 Å². The van der Waals surface area contributed by atoms with E-state index in [0.717, 1.165) is 32.4 Å². The Morgan fingerprint density at radius 1 is 0.966 bits per heavy atom. The van der Waals surface area contributed by atoms with Crippen molar-refractivity contribution in [3.8, 4) is 0 Å². The van der Waals surface area contributed by atoms with E-state index in [9.17, 15) is 9.59 Å². The number of nitrogens with zero attached hydrogens (tertiary/aromatic N) is 1. The average molecular weight is 402 g/mol. The van der Waals surface area contributed by atoms with Gasteiger partial charge in [-0.25, -0.2) is 0 Å². The third-order valence-electron chi connectivity index (χ3n) is 7.87. The molecule has 1 aliphatic heterocycles. The second kappa shape index (κ2) is 8.79. The third kappa shape index (κ3) is 4.26. The smallest absolute Gasteiger partial charge is 0.224 e. The number of carbonyl (C=O) groups is 2. The first-order chi connectivity index (χ1) is 14.0. The Kier molecular flexibility index (Phi) is 6.33. The number of hydrogen-bond acceptors (Lipinski definition) is 3. The number of amides is 2. The molecule has 0 unspecified atom stereocenters. The minimum atomic E-state index is -0.177. The highest BCUT2D eigenvalue weighted by atomic mass is 16.2. The van der Waals surface area contributed by atoms with Crippen LogP contribution in [0.3, 0.4) is 0 Å². The highest BCUT2D eigenvalue weighted by Crippen LogP contribution is 2.72. The minimum absolute atomic E-state index is 0.1000. The van der Waals surface area contributed by atoms with Crippen molar-refractivity contribution in [2.24, 2.45) is 35.0 Å². The molecular weight excluding hydrogens is 362 g/mol. The molecule has 3 fully saturated rings. The van der Waals surface area contributed by atoms with Crippen molar-refractivity contribution in [3.05, 3.63) is 12.2 Å². The molecule has 0 aromatic carbocycles. The van der Waals surface area contributed by atoms with Gasteiger partial charge in [-0.2, -0.15) is 0 Å². The molecule has 1 saturated heterocycles. The summed E-state index contributed by atoms with van der Waals surface area (Å²) in [4.78, 5) is 28.7. The molecule has 162 valence electrons. The molecule has 0 aromatic rings. The predicted octanol–water partition coefficient (Wildman–Crippen LogP) is 2.97. The molecule has 1 spiro atoms. The minimum Gasteiger partial charge on any atom is -0.356 e. The van der Waals surface area contributed by atoms with E-state index in [1.807, 2.05) is 0 Å². The van der Waals surface area contributed by atoms with E-state index >= 15 is 0 Å². The Labute approximate surface area is 176 Å². The lowest BCUT2D eigenvalue weighted by atomic mass is 9.81. The van der Waals surface area contributed by atoms with Gasteiger partial charge in [0.05, 0.1) is 11.8 Å². The van der Waals surface area contributed by atoms with Crippen LogP contribution >= 0.6 is 0 Å². The van der Waals surface area contributed by atoms with Crippen LogP contribution < -0.4 is 10.6 Å². The van der Waals surface area contributed by atoms with Crippen LogP contribution in [0.5, 0.6) is 0 Å². The summed E-state index contributed by atoms with van der Waals surface area (Å²) < 4.78 is 0. The number of unbranched alkanes of at least 4 members (excludes halogenated alkanes) is 1. The topological polar surface area (TPSA) is 61.4 Å². The van der Waals surface area contributed by atoms with E-state index in [1.54, 1.807) is 0 Å². The van der Waals surface area contributed by atoms with Crippen LogP contribution in [0, 0.1) is 35.0 Å². The molecule has 2 bridgehead atoms. The molecule has 5 heteroatoms. The number of carbonyl (C=O) groups excluding carboxylic acids is 2. The average Bonchev–Trinajstić information content (AvgIpc) is 3.05. The van der Waals surface area contributed by atoms with Crippen molar-refractivity contribution in [2.45, 2.75) is 58.8 Å². The van der Waals surface area contributed by atoms with Crippen LogP contribution in [0.4, 0.5) is 0 Å². The molecule has 2 N–H and O–H groups in total. The first-order valence-corrected chi connectivity index (χ1v) is 12.0. The van der Waals surface area contributed by atoms with Crippen LogP contribution in [-0.2, 0) is 9.59 Å². The van der Waals surface area contributed by atoms with Gasteiger partial charge in [0.15, 0.2) is 0 Å². The summed E-state index contributed by atoms with van der Waals surface area (Å²) in [7, 11) is 0. The third-order valence-corrected chi connectivity index (χ3v) is 7.87. The highest BCUT2D eigenvalue weighted by Gasteiger charge is 2.69. The number of rotatable bonds is 10. The molecule has 4 atom stereocenters. The zero-order valence-corrected chi connectivity index (χ0v) is 18.3.